The highest BCUT2D eigenvalue weighted by atomic mass is 16.5. The van der Waals surface area contributed by atoms with Crippen LogP contribution in [0.1, 0.15) is 17.5 Å². The van der Waals surface area contributed by atoms with Crippen LogP contribution in [0.2, 0.25) is 0 Å². The number of nitrogens with two attached hydrogens (primary N) is 1. The Balaban J connectivity index is 1.64. The number of ether oxygens (including phenoxy) is 2. The van der Waals surface area contributed by atoms with Crippen molar-refractivity contribution >= 4 is 11.4 Å². The summed E-state index contributed by atoms with van der Waals surface area (Å²) in [4.78, 5) is 2.32. The van der Waals surface area contributed by atoms with E-state index in [2.05, 4.69) is 23.1 Å². The minimum atomic E-state index is 0.712. The van der Waals surface area contributed by atoms with Crippen LogP contribution in [0.5, 0.6) is 11.5 Å². The highest BCUT2D eigenvalue weighted by Gasteiger charge is 2.22. The quantitative estimate of drug-likeness (QED) is 0.817. The van der Waals surface area contributed by atoms with E-state index in [1.807, 2.05) is 18.2 Å². The third-order valence-electron chi connectivity index (χ3n) is 4.12. The van der Waals surface area contributed by atoms with Crippen molar-refractivity contribution in [3.8, 4) is 11.5 Å². The largest absolute Gasteiger partial charge is 0.490 e. The number of hydrogen-bond donors (Lipinski definition) is 1. The Kier molecular flexibility index (Phi) is 2.88. The van der Waals surface area contributed by atoms with Crippen LogP contribution in [0.4, 0.5) is 11.4 Å². The van der Waals surface area contributed by atoms with Crippen LogP contribution in [0.25, 0.3) is 0 Å². The van der Waals surface area contributed by atoms with Gasteiger partial charge in [-0.25, -0.2) is 0 Å². The Hall–Kier alpha value is -2.36. The van der Waals surface area contributed by atoms with Gasteiger partial charge in [0.1, 0.15) is 0 Å². The van der Waals surface area contributed by atoms with E-state index in [-0.39, 0.29) is 0 Å². The van der Waals surface area contributed by atoms with E-state index in [4.69, 9.17) is 15.2 Å². The van der Waals surface area contributed by atoms with Gasteiger partial charge in [0.15, 0.2) is 11.5 Å². The molecule has 2 aromatic carbocycles. The van der Waals surface area contributed by atoms with Crippen molar-refractivity contribution in [1.82, 2.24) is 0 Å². The van der Waals surface area contributed by atoms with Crippen molar-refractivity contribution < 1.29 is 9.47 Å². The lowest BCUT2D eigenvalue weighted by Crippen LogP contribution is -2.14. The molecule has 4 rings (SSSR count). The molecule has 2 aliphatic heterocycles. The molecule has 0 aliphatic carbocycles. The Morgan fingerprint density at radius 2 is 1.81 bits per heavy atom. The highest BCUT2D eigenvalue weighted by Crippen LogP contribution is 2.37. The lowest BCUT2D eigenvalue weighted by molar-refractivity contribution is 0.297. The van der Waals surface area contributed by atoms with E-state index in [1.54, 1.807) is 0 Å². The van der Waals surface area contributed by atoms with Crippen LogP contribution < -0.4 is 20.1 Å². The van der Waals surface area contributed by atoms with Crippen molar-refractivity contribution in [2.24, 2.45) is 0 Å². The first kappa shape index (κ1) is 12.4. The first-order valence-electron chi connectivity index (χ1n) is 7.32. The van der Waals surface area contributed by atoms with Gasteiger partial charge in [0, 0.05) is 37.0 Å². The zero-order valence-corrected chi connectivity index (χ0v) is 11.8. The third kappa shape index (κ3) is 2.17. The predicted octanol–water partition coefficient (Wildman–Crippen LogP) is 2.95. The maximum Gasteiger partial charge on any atom is 0.163 e. The van der Waals surface area contributed by atoms with Gasteiger partial charge in [-0.15, -0.1) is 0 Å². The van der Waals surface area contributed by atoms with Gasteiger partial charge >= 0.3 is 0 Å². The molecule has 0 saturated heterocycles. The van der Waals surface area contributed by atoms with Gasteiger partial charge in [-0.2, -0.15) is 0 Å². The lowest BCUT2D eigenvalue weighted by Gasteiger charge is -2.19. The van der Waals surface area contributed by atoms with Crippen LogP contribution in [-0.2, 0) is 13.1 Å². The molecule has 2 N–H and O–H groups in total. The topological polar surface area (TPSA) is 47.7 Å². The molecule has 0 saturated carbocycles. The highest BCUT2D eigenvalue weighted by molar-refractivity contribution is 5.62. The summed E-state index contributed by atoms with van der Waals surface area (Å²) in [7, 11) is 0. The number of benzene rings is 2. The first-order valence-corrected chi connectivity index (χ1v) is 7.32. The molecule has 0 fully saturated rings. The predicted molar refractivity (Wildman–Crippen MR) is 82.8 cm³/mol. The second kappa shape index (κ2) is 4.88. The summed E-state index contributed by atoms with van der Waals surface area (Å²) < 4.78 is 11.5. The van der Waals surface area contributed by atoms with Crippen molar-refractivity contribution in [2.45, 2.75) is 19.5 Å². The van der Waals surface area contributed by atoms with Crippen LogP contribution in [0, 0.1) is 0 Å². The normalized spacial score (nSPS) is 16.5. The smallest absolute Gasteiger partial charge is 0.163 e. The average Bonchev–Trinajstić information content (AvgIpc) is 2.80. The molecule has 4 heteroatoms. The molecule has 0 spiro atoms. The number of hydrogen-bond acceptors (Lipinski definition) is 4. The van der Waals surface area contributed by atoms with E-state index in [0.29, 0.717) is 6.61 Å². The van der Waals surface area contributed by atoms with Gasteiger partial charge in [0.2, 0.25) is 0 Å². The molecule has 0 aromatic heterocycles. The van der Waals surface area contributed by atoms with Crippen molar-refractivity contribution in [3.63, 3.8) is 0 Å². The lowest BCUT2D eigenvalue weighted by atomic mass is 10.1. The minimum Gasteiger partial charge on any atom is -0.490 e. The fourth-order valence-electron chi connectivity index (χ4n) is 2.98. The van der Waals surface area contributed by atoms with E-state index >= 15 is 0 Å². The number of nitrogen functional groups attached to an aromatic ring is 1. The van der Waals surface area contributed by atoms with Gasteiger partial charge in [0.25, 0.3) is 0 Å². The minimum absolute atomic E-state index is 0.712. The maximum atomic E-state index is 6.07. The Morgan fingerprint density at radius 1 is 0.952 bits per heavy atom. The molecular formula is C17H18N2O2. The summed E-state index contributed by atoms with van der Waals surface area (Å²) in [6.07, 6.45) is 0.926. The van der Waals surface area contributed by atoms with E-state index in [9.17, 15) is 0 Å². The fourth-order valence-corrected chi connectivity index (χ4v) is 2.98. The molecule has 4 nitrogen and oxygen atoms in total. The van der Waals surface area contributed by atoms with Crippen molar-refractivity contribution in [3.05, 3.63) is 47.5 Å². The van der Waals surface area contributed by atoms with Crippen molar-refractivity contribution in [2.75, 3.05) is 23.8 Å². The van der Waals surface area contributed by atoms with E-state index in [1.165, 1.54) is 11.1 Å². The van der Waals surface area contributed by atoms with Crippen LogP contribution >= 0.6 is 0 Å². The first-order chi connectivity index (χ1) is 10.3. The van der Waals surface area contributed by atoms with E-state index in [0.717, 1.165) is 49.0 Å². The summed E-state index contributed by atoms with van der Waals surface area (Å²) in [6.45, 7) is 3.17. The zero-order chi connectivity index (χ0) is 14.2. The Morgan fingerprint density at radius 3 is 2.67 bits per heavy atom. The molecule has 108 valence electrons. The van der Waals surface area contributed by atoms with Gasteiger partial charge in [-0.05, 0) is 29.3 Å². The molecule has 2 aliphatic rings. The van der Waals surface area contributed by atoms with E-state index < -0.39 is 0 Å². The summed E-state index contributed by atoms with van der Waals surface area (Å²) in [5, 5.41) is 0. The monoisotopic (exact) mass is 282 g/mol. The zero-order valence-electron chi connectivity index (χ0n) is 11.8. The van der Waals surface area contributed by atoms with Gasteiger partial charge in [0.05, 0.1) is 13.2 Å². The SMILES string of the molecule is Nc1cccc2c1CN(c1ccc3c(c1)OCCCO3)C2. The molecule has 0 atom stereocenters. The molecule has 2 heterocycles. The summed E-state index contributed by atoms with van der Waals surface area (Å²) in [5.41, 5.74) is 10.6. The number of rotatable bonds is 1. The summed E-state index contributed by atoms with van der Waals surface area (Å²) in [6, 6.07) is 12.3. The van der Waals surface area contributed by atoms with Crippen LogP contribution in [0.3, 0.4) is 0 Å². The summed E-state index contributed by atoms with van der Waals surface area (Å²) in [5.74, 6) is 1.68. The number of fused-ring (bicyclic) bond motifs is 2. The van der Waals surface area contributed by atoms with Crippen LogP contribution in [-0.4, -0.2) is 13.2 Å². The van der Waals surface area contributed by atoms with Gasteiger partial charge in [-0.3, -0.25) is 0 Å². The Labute approximate surface area is 124 Å². The molecule has 0 amide bonds. The molecular weight excluding hydrogens is 264 g/mol. The van der Waals surface area contributed by atoms with Crippen molar-refractivity contribution in [1.29, 1.82) is 0 Å². The molecule has 0 radical (unpaired) electrons. The maximum absolute atomic E-state index is 6.07. The standard InChI is InChI=1S/C17H18N2O2/c18-15-4-1-3-12-10-19(11-14(12)15)13-5-6-16-17(9-13)21-8-2-7-20-16/h1,3-6,9H,2,7-8,10-11,18H2. The fraction of sp³-hybridized carbons (Fsp3) is 0.294. The summed E-state index contributed by atoms with van der Waals surface area (Å²) >= 11 is 0. The van der Waals surface area contributed by atoms with Gasteiger partial charge < -0.3 is 20.1 Å². The third-order valence-corrected chi connectivity index (χ3v) is 4.12. The van der Waals surface area contributed by atoms with Crippen LogP contribution in [0.15, 0.2) is 36.4 Å². The second-order valence-corrected chi connectivity index (χ2v) is 5.52. The van der Waals surface area contributed by atoms with Gasteiger partial charge in [-0.1, -0.05) is 12.1 Å². The molecule has 2 aromatic rings. The number of nitrogens with zero attached hydrogens (tertiary/aromatic N) is 1. The molecule has 0 bridgehead atoms. The number of anilines is 2. The Bertz CT molecular complexity index is 684. The molecule has 0 unspecified atom stereocenters. The molecule has 21 heavy (non-hydrogen) atoms. The average molecular weight is 282 g/mol. The second-order valence-electron chi connectivity index (χ2n) is 5.52.